The van der Waals surface area contributed by atoms with E-state index in [0.717, 1.165) is 32.1 Å². The summed E-state index contributed by atoms with van der Waals surface area (Å²) >= 11 is 0. The van der Waals surface area contributed by atoms with Crippen LogP contribution in [0.5, 0.6) is 0 Å². The smallest absolute Gasteiger partial charge is 0.387 e. The largest absolute Gasteiger partial charge is 0.472 e. The molecule has 0 aliphatic heterocycles. The van der Waals surface area contributed by atoms with Gasteiger partial charge in [-0.3, -0.25) is 13.8 Å². The molecule has 3 atom stereocenters. The Bertz CT molecular complexity index is 1290. The number of nitrogens with zero attached hydrogens (tertiary/aromatic N) is 1. The number of hydrogen-bond donors (Lipinski definition) is 3. The summed E-state index contributed by atoms with van der Waals surface area (Å²) in [7, 11) is 1.59. The molecule has 3 N–H and O–H groups in total. The van der Waals surface area contributed by atoms with Crippen LogP contribution in [0.4, 0.5) is 0 Å². The van der Waals surface area contributed by atoms with Crippen LogP contribution in [-0.4, -0.2) is 73.4 Å². The van der Waals surface area contributed by atoms with Gasteiger partial charge in [0.25, 0.3) is 0 Å². The summed E-state index contributed by atoms with van der Waals surface area (Å²) in [6.45, 7) is 4.87. The monoisotopic (exact) mass is 1090 g/mol. The van der Waals surface area contributed by atoms with Gasteiger partial charge in [-0.25, -0.2) is 4.57 Å². The highest BCUT2D eigenvalue weighted by Crippen LogP contribution is 2.43. The Labute approximate surface area is 474 Å². The summed E-state index contributed by atoms with van der Waals surface area (Å²) < 4.78 is 23.8. The van der Waals surface area contributed by atoms with Crippen LogP contribution >= 0.6 is 7.82 Å². The van der Waals surface area contributed by atoms with Crippen LogP contribution in [0.3, 0.4) is 0 Å². The van der Waals surface area contributed by atoms with E-state index in [1.165, 1.54) is 295 Å². The molecule has 3 unspecified atom stereocenters. The van der Waals surface area contributed by atoms with Gasteiger partial charge in [0, 0.05) is 6.42 Å². The Morgan fingerprint density at radius 1 is 0.434 bits per heavy atom. The van der Waals surface area contributed by atoms with Gasteiger partial charge < -0.3 is 19.8 Å². The first kappa shape index (κ1) is 75.0. The number of phosphoric ester groups is 1. The molecular weight excluding hydrogens is 960 g/mol. The molecule has 0 rings (SSSR count). The first-order valence-corrected chi connectivity index (χ1v) is 35.2. The van der Waals surface area contributed by atoms with E-state index >= 15 is 0 Å². The van der Waals surface area contributed by atoms with Crippen molar-refractivity contribution in [3.63, 3.8) is 0 Å². The number of carbonyl (C=O) groups excluding carboxylic acids is 1. The Hall–Kier alpha value is -1.02. The van der Waals surface area contributed by atoms with Crippen LogP contribution in [0.2, 0.25) is 0 Å². The van der Waals surface area contributed by atoms with Gasteiger partial charge in [0.15, 0.2) is 0 Å². The number of aliphatic hydroxyl groups is 1. The third-order valence-corrected chi connectivity index (χ3v) is 16.6. The van der Waals surface area contributed by atoms with E-state index in [1.54, 1.807) is 6.08 Å². The van der Waals surface area contributed by atoms with Crippen LogP contribution in [0.15, 0.2) is 24.3 Å². The molecule has 1 amide bonds. The number of carbonyl (C=O) groups is 1. The number of hydrogen-bond acceptors (Lipinski definition) is 5. The van der Waals surface area contributed by atoms with Crippen LogP contribution in [0, 0.1) is 0 Å². The summed E-state index contributed by atoms with van der Waals surface area (Å²) in [5.41, 5.74) is 0. The number of rotatable bonds is 63. The molecule has 0 aromatic heterocycles. The van der Waals surface area contributed by atoms with Gasteiger partial charge in [0.2, 0.25) is 5.91 Å². The SMILES string of the molecule is CCCCCCCCCC/C=C\CCCCCCCCCCCCCCCCCCCCCC(=O)NC(COP(=O)(O)OCC[N+](C)(C)C)C(O)/C=C/CCCCCCCCCCCCCCCCCCCCCCC. The van der Waals surface area contributed by atoms with Crippen molar-refractivity contribution < 1.29 is 32.9 Å². The van der Waals surface area contributed by atoms with Crippen LogP contribution in [-0.2, 0) is 18.4 Å². The number of aliphatic hydroxyl groups excluding tert-OH is 1. The molecule has 0 aromatic carbocycles. The molecule has 452 valence electrons. The molecule has 0 fully saturated rings. The Morgan fingerprint density at radius 3 is 1.01 bits per heavy atom. The van der Waals surface area contributed by atoms with Crippen LogP contribution in [0.25, 0.3) is 0 Å². The van der Waals surface area contributed by atoms with Gasteiger partial charge in [0.1, 0.15) is 13.2 Å². The maximum Gasteiger partial charge on any atom is 0.472 e. The Kier molecular flexibility index (Phi) is 57.8. The Balaban J connectivity index is 4.05. The summed E-state index contributed by atoms with van der Waals surface area (Å²) in [6.07, 6.45) is 76.0. The van der Waals surface area contributed by atoms with E-state index < -0.39 is 20.0 Å². The summed E-state index contributed by atoms with van der Waals surface area (Å²) in [6, 6.07) is -0.845. The standard InChI is InChI=1S/C67H133N2O6P/c1-6-8-10-12-14-16-18-20-22-24-26-28-30-31-32-33-34-35-36-37-39-41-43-45-47-49-51-53-55-57-59-61-67(71)68-65(64-75-76(72,73)74-63-62-69(3,4)5)66(70)60-58-56-54-52-50-48-46-44-42-40-38-29-27-25-23-21-19-17-15-13-11-9-7-2/h24,26,58,60,65-66,70H,6-23,25,27-57,59,61-64H2,1-5H3,(H-,68,71,72,73)/p+1/b26-24-,60-58+. The number of nitrogens with one attached hydrogen (secondary N) is 1. The van der Waals surface area contributed by atoms with Gasteiger partial charge in [-0.15, -0.1) is 0 Å². The molecule has 8 nitrogen and oxygen atoms in total. The summed E-state index contributed by atoms with van der Waals surface area (Å²) in [5, 5.41) is 14.0. The van der Waals surface area contributed by atoms with Crippen molar-refractivity contribution in [2.24, 2.45) is 0 Å². The maximum atomic E-state index is 13.0. The molecule has 0 bridgehead atoms. The summed E-state index contributed by atoms with van der Waals surface area (Å²) in [4.78, 5) is 23.4. The first-order valence-electron chi connectivity index (χ1n) is 33.7. The highest BCUT2D eigenvalue weighted by atomic mass is 31.2. The fourth-order valence-electron chi connectivity index (χ4n) is 10.4. The second-order valence-electron chi connectivity index (χ2n) is 24.6. The number of allylic oxidation sites excluding steroid dienone is 3. The van der Waals surface area contributed by atoms with Crippen molar-refractivity contribution in [2.45, 2.75) is 360 Å². The Morgan fingerprint density at radius 2 is 0.711 bits per heavy atom. The third-order valence-electron chi connectivity index (χ3n) is 15.7. The van der Waals surface area contributed by atoms with Gasteiger partial charge in [-0.05, 0) is 44.9 Å². The number of amides is 1. The van der Waals surface area contributed by atoms with E-state index in [1.807, 2.05) is 27.2 Å². The van der Waals surface area contributed by atoms with Crippen molar-refractivity contribution >= 4 is 13.7 Å². The van der Waals surface area contributed by atoms with Crippen LogP contribution in [0.1, 0.15) is 348 Å². The predicted octanol–water partition coefficient (Wildman–Crippen LogP) is 21.1. The zero-order valence-corrected chi connectivity index (χ0v) is 52.7. The molecule has 0 saturated heterocycles. The fourth-order valence-corrected chi connectivity index (χ4v) is 11.1. The molecule has 9 heteroatoms. The number of likely N-dealkylation sites (N-methyl/N-ethyl adjacent to an activating group) is 1. The minimum absolute atomic E-state index is 0.0644. The third kappa shape index (κ3) is 60.6. The minimum Gasteiger partial charge on any atom is -0.387 e. The van der Waals surface area contributed by atoms with Gasteiger partial charge in [-0.2, -0.15) is 0 Å². The van der Waals surface area contributed by atoms with E-state index in [0.29, 0.717) is 17.4 Å². The fraction of sp³-hybridized carbons (Fsp3) is 0.925. The quantitative estimate of drug-likeness (QED) is 0.0243. The number of unbranched alkanes of at least 4 members (excludes halogenated alkanes) is 48. The lowest BCUT2D eigenvalue weighted by molar-refractivity contribution is -0.870. The highest BCUT2D eigenvalue weighted by Gasteiger charge is 2.28. The van der Waals surface area contributed by atoms with Crippen molar-refractivity contribution in [3.8, 4) is 0 Å². The van der Waals surface area contributed by atoms with Crippen molar-refractivity contribution in [2.75, 3.05) is 40.9 Å². The molecule has 0 radical (unpaired) electrons. The molecule has 76 heavy (non-hydrogen) atoms. The van der Waals surface area contributed by atoms with Crippen molar-refractivity contribution in [3.05, 3.63) is 24.3 Å². The predicted molar refractivity (Wildman–Crippen MR) is 332 cm³/mol. The van der Waals surface area contributed by atoms with E-state index in [-0.39, 0.29) is 19.1 Å². The molecule has 0 aromatic rings. The lowest BCUT2D eigenvalue weighted by atomic mass is 10.0. The number of quaternary nitrogens is 1. The van der Waals surface area contributed by atoms with E-state index in [9.17, 15) is 19.4 Å². The van der Waals surface area contributed by atoms with Gasteiger partial charge in [-0.1, -0.05) is 321 Å². The van der Waals surface area contributed by atoms with E-state index in [4.69, 9.17) is 9.05 Å². The summed E-state index contributed by atoms with van der Waals surface area (Å²) in [5.74, 6) is -0.169. The lowest BCUT2D eigenvalue weighted by Gasteiger charge is -2.25. The average molecular weight is 1090 g/mol. The zero-order chi connectivity index (χ0) is 55.6. The van der Waals surface area contributed by atoms with Gasteiger partial charge in [0.05, 0.1) is 39.9 Å². The maximum absolute atomic E-state index is 13.0. The normalized spacial score (nSPS) is 13.8. The van der Waals surface area contributed by atoms with E-state index in [2.05, 4.69) is 31.3 Å². The number of phosphoric acid groups is 1. The molecule has 0 heterocycles. The first-order chi connectivity index (χ1) is 37.0. The molecule has 0 spiro atoms. The zero-order valence-electron chi connectivity index (χ0n) is 51.8. The topological polar surface area (TPSA) is 105 Å². The minimum atomic E-state index is -4.35. The molecule has 0 aliphatic rings. The highest BCUT2D eigenvalue weighted by molar-refractivity contribution is 7.47. The molecular formula is C67H134N2O6P+. The second kappa shape index (κ2) is 58.6. The molecule has 0 saturated carbocycles. The average Bonchev–Trinajstić information content (AvgIpc) is 3.38. The van der Waals surface area contributed by atoms with Crippen molar-refractivity contribution in [1.82, 2.24) is 5.32 Å². The van der Waals surface area contributed by atoms with Gasteiger partial charge >= 0.3 is 7.82 Å². The van der Waals surface area contributed by atoms with Crippen LogP contribution < -0.4 is 5.32 Å². The second-order valence-corrected chi connectivity index (χ2v) is 26.0. The molecule has 0 aliphatic carbocycles. The van der Waals surface area contributed by atoms with Crippen molar-refractivity contribution in [1.29, 1.82) is 0 Å². The lowest BCUT2D eigenvalue weighted by Crippen LogP contribution is -2.45.